The van der Waals surface area contributed by atoms with Gasteiger partial charge in [0, 0.05) is 11.4 Å². The van der Waals surface area contributed by atoms with Gasteiger partial charge in [0.2, 0.25) is 5.91 Å². The first-order valence-electron chi connectivity index (χ1n) is 7.65. The van der Waals surface area contributed by atoms with Crippen molar-refractivity contribution in [3.8, 4) is 0 Å². The molecule has 6 heteroatoms. The molecule has 0 aliphatic carbocycles. The first kappa shape index (κ1) is 16.9. The van der Waals surface area contributed by atoms with Crippen LogP contribution in [0.25, 0.3) is 0 Å². The fourth-order valence-corrected chi connectivity index (χ4v) is 3.39. The highest BCUT2D eigenvalue weighted by atomic mass is 32.2. The lowest BCUT2D eigenvalue weighted by atomic mass is 10.1. The highest BCUT2D eigenvalue weighted by Gasteiger charge is 2.25. The van der Waals surface area contributed by atoms with E-state index < -0.39 is 0 Å². The van der Waals surface area contributed by atoms with Gasteiger partial charge < -0.3 is 9.64 Å². The zero-order chi connectivity index (χ0) is 16.9. The van der Waals surface area contributed by atoms with E-state index in [0.717, 1.165) is 5.56 Å². The Bertz CT molecular complexity index is 708. The van der Waals surface area contributed by atoms with Gasteiger partial charge in [-0.3, -0.25) is 4.79 Å². The molecule has 0 radical (unpaired) electrons. The SMILES string of the molecule is O=C(CSc1ccccc1F)N1CCOC(c2ccc(F)cc2)C1. The molecule has 2 aromatic carbocycles. The molecule has 0 bridgehead atoms. The number of benzene rings is 2. The maximum absolute atomic E-state index is 13.6. The fraction of sp³-hybridized carbons (Fsp3) is 0.278. The Hall–Kier alpha value is -1.92. The summed E-state index contributed by atoms with van der Waals surface area (Å²) >= 11 is 1.19. The van der Waals surface area contributed by atoms with E-state index in [4.69, 9.17) is 4.74 Å². The molecule has 24 heavy (non-hydrogen) atoms. The molecule has 3 rings (SSSR count). The molecule has 0 saturated carbocycles. The van der Waals surface area contributed by atoms with Crippen LogP contribution in [-0.2, 0) is 9.53 Å². The molecule has 2 aromatic rings. The van der Waals surface area contributed by atoms with Gasteiger partial charge in [-0.15, -0.1) is 11.8 Å². The third-order valence-electron chi connectivity index (χ3n) is 3.85. The molecule has 0 aromatic heterocycles. The van der Waals surface area contributed by atoms with Crippen molar-refractivity contribution in [2.45, 2.75) is 11.0 Å². The number of carbonyl (C=O) groups is 1. The van der Waals surface area contributed by atoms with Gasteiger partial charge in [-0.2, -0.15) is 0 Å². The van der Waals surface area contributed by atoms with E-state index in [1.165, 1.54) is 30.0 Å². The van der Waals surface area contributed by atoms with E-state index in [-0.39, 0.29) is 29.4 Å². The van der Waals surface area contributed by atoms with E-state index in [0.29, 0.717) is 24.6 Å². The Kier molecular flexibility index (Phi) is 5.48. The second-order valence-electron chi connectivity index (χ2n) is 5.47. The Balaban J connectivity index is 1.59. The molecule has 126 valence electrons. The van der Waals surface area contributed by atoms with Crippen molar-refractivity contribution in [3.05, 3.63) is 65.7 Å². The van der Waals surface area contributed by atoms with Gasteiger partial charge in [0.15, 0.2) is 0 Å². The van der Waals surface area contributed by atoms with Crippen LogP contribution in [-0.4, -0.2) is 36.3 Å². The number of rotatable bonds is 4. The van der Waals surface area contributed by atoms with Gasteiger partial charge in [-0.05, 0) is 29.8 Å². The Morgan fingerprint density at radius 3 is 2.67 bits per heavy atom. The normalized spacial score (nSPS) is 17.8. The molecule has 0 spiro atoms. The molecule has 1 aliphatic rings. The van der Waals surface area contributed by atoms with Crippen molar-refractivity contribution in [2.24, 2.45) is 0 Å². The average molecular weight is 349 g/mol. The molecule has 1 amide bonds. The van der Waals surface area contributed by atoms with E-state index in [1.54, 1.807) is 35.2 Å². The molecule has 0 N–H and O–H groups in total. The minimum absolute atomic E-state index is 0.0568. The van der Waals surface area contributed by atoms with Crippen molar-refractivity contribution >= 4 is 17.7 Å². The summed E-state index contributed by atoms with van der Waals surface area (Å²) in [7, 11) is 0. The highest BCUT2D eigenvalue weighted by molar-refractivity contribution is 8.00. The third kappa shape index (κ3) is 4.13. The summed E-state index contributed by atoms with van der Waals surface area (Å²) in [6.45, 7) is 1.36. The van der Waals surface area contributed by atoms with Crippen LogP contribution in [0.1, 0.15) is 11.7 Å². The van der Waals surface area contributed by atoms with Crippen LogP contribution < -0.4 is 0 Å². The predicted molar refractivity (Wildman–Crippen MR) is 88.8 cm³/mol. The standard InChI is InChI=1S/C18H17F2NO2S/c19-14-7-5-13(6-8-14)16-11-21(9-10-23-16)18(22)12-24-17-4-2-1-3-15(17)20/h1-8,16H,9-12H2. The molecular weight excluding hydrogens is 332 g/mol. The van der Waals surface area contributed by atoms with Gasteiger partial charge in [0.25, 0.3) is 0 Å². The van der Waals surface area contributed by atoms with Crippen LogP contribution in [0, 0.1) is 11.6 Å². The number of hydrogen-bond donors (Lipinski definition) is 0. The second kappa shape index (κ2) is 7.77. The van der Waals surface area contributed by atoms with Crippen LogP contribution in [0.4, 0.5) is 8.78 Å². The van der Waals surface area contributed by atoms with E-state index in [9.17, 15) is 13.6 Å². The summed E-state index contributed by atoms with van der Waals surface area (Å²) in [6, 6.07) is 12.5. The molecule has 1 aliphatic heterocycles. The number of carbonyl (C=O) groups excluding carboxylic acids is 1. The van der Waals surface area contributed by atoms with Gasteiger partial charge in [0.1, 0.15) is 17.7 Å². The monoisotopic (exact) mass is 349 g/mol. The second-order valence-corrected chi connectivity index (χ2v) is 6.49. The number of ether oxygens (including phenoxy) is 1. The van der Waals surface area contributed by atoms with Crippen LogP contribution >= 0.6 is 11.8 Å². The fourth-order valence-electron chi connectivity index (χ4n) is 2.55. The van der Waals surface area contributed by atoms with Gasteiger partial charge in [-0.1, -0.05) is 24.3 Å². The molecule has 1 unspecified atom stereocenters. The van der Waals surface area contributed by atoms with E-state index in [2.05, 4.69) is 0 Å². The largest absolute Gasteiger partial charge is 0.370 e. The van der Waals surface area contributed by atoms with Crippen molar-refractivity contribution in [1.29, 1.82) is 0 Å². The molecule has 3 nitrogen and oxygen atoms in total. The maximum atomic E-state index is 13.6. The number of morpholine rings is 1. The summed E-state index contributed by atoms with van der Waals surface area (Å²) in [5.41, 5.74) is 0.843. The van der Waals surface area contributed by atoms with Crippen molar-refractivity contribution in [3.63, 3.8) is 0 Å². The number of thioether (sulfide) groups is 1. The minimum atomic E-state index is -0.318. The maximum Gasteiger partial charge on any atom is 0.233 e. The zero-order valence-electron chi connectivity index (χ0n) is 13.0. The first-order valence-corrected chi connectivity index (χ1v) is 8.64. The summed E-state index contributed by atoms with van der Waals surface area (Å²) < 4.78 is 32.3. The van der Waals surface area contributed by atoms with Gasteiger partial charge in [-0.25, -0.2) is 8.78 Å². The predicted octanol–water partition coefficient (Wildman–Crippen LogP) is 3.66. The van der Waals surface area contributed by atoms with E-state index in [1.807, 2.05) is 0 Å². The van der Waals surface area contributed by atoms with Gasteiger partial charge >= 0.3 is 0 Å². The number of hydrogen-bond acceptors (Lipinski definition) is 3. The summed E-state index contributed by atoms with van der Waals surface area (Å²) in [4.78, 5) is 14.6. The zero-order valence-corrected chi connectivity index (χ0v) is 13.8. The summed E-state index contributed by atoms with van der Waals surface area (Å²) in [5, 5.41) is 0. The molecule has 1 heterocycles. The lowest BCUT2D eigenvalue weighted by molar-refractivity contribution is -0.136. The van der Waals surface area contributed by atoms with Crippen molar-refractivity contribution < 1.29 is 18.3 Å². The molecule has 1 atom stereocenters. The van der Waals surface area contributed by atoms with Crippen LogP contribution in [0.3, 0.4) is 0 Å². The van der Waals surface area contributed by atoms with Crippen LogP contribution in [0.2, 0.25) is 0 Å². The van der Waals surface area contributed by atoms with Crippen LogP contribution in [0.5, 0.6) is 0 Å². The lowest BCUT2D eigenvalue weighted by Crippen LogP contribution is -2.43. The first-order chi connectivity index (χ1) is 11.6. The lowest BCUT2D eigenvalue weighted by Gasteiger charge is -2.33. The quantitative estimate of drug-likeness (QED) is 0.789. The molecule has 1 saturated heterocycles. The Morgan fingerprint density at radius 1 is 1.17 bits per heavy atom. The van der Waals surface area contributed by atoms with Crippen LogP contribution in [0.15, 0.2) is 53.4 Å². The Labute approximate surface area is 143 Å². The van der Waals surface area contributed by atoms with Gasteiger partial charge in [0.05, 0.1) is 18.9 Å². The highest BCUT2D eigenvalue weighted by Crippen LogP contribution is 2.25. The topological polar surface area (TPSA) is 29.5 Å². The number of nitrogens with zero attached hydrogens (tertiary/aromatic N) is 1. The van der Waals surface area contributed by atoms with Crippen molar-refractivity contribution in [2.75, 3.05) is 25.4 Å². The number of amides is 1. The number of halogens is 2. The average Bonchev–Trinajstić information content (AvgIpc) is 2.61. The third-order valence-corrected chi connectivity index (χ3v) is 4.88. The minimum Gasteiger partial charge on any atom is -0.370 e. The smallest absolute Gasteiger partial charge is 0.233 e. The Morgan fingerprint density at radius 2 is 1.92 bits per heavy atom. The molecular formula is C18H17F2NO2S. The summed E-state index contributed by atoms with van der Waals surface area (Å²) in [6.07, 6.45) is -0.262. The molecule has 1 fully saturated rings. The van der Waals surface area contributed by atoms with Crippen molar-refractivity contribution in [1.82, 2.24) is 4.90 Å². The van der Waals surface area contributed by atoms with E-state index >= 15 is 0 Å². The summed E-state index contributed by atoms with van der Waals surface area (Å²) in [5.74, 6) is -0.499.